The Hall–Kier alpha value is -4.05. The minimum atomic E-state index is -4.31. The minimum Gasteiger partial charge on any atom is -0.495 e. The SMILES string of the molecule is COc1ccc(Cl)cc1N(CC(=O)N(Cc1ccc(Cl)cc1)[C@@H](Cc1ccccc1)C(=O)NC(C)(C)C)S(=O)(=O)c1ccccc1. The molecule has 1 N–H and O–H groups in total. The molecule has 0 unspecified atom stereocenters. The van der Waals surface area contributed by atoms with Crippen LogP contribution in [0, 0.1) is 0 Å². The molecule has 0 aromatic heterocycles. The highest BCUT2D eigenvalue weighted by atomic mass is 35.5. The average Bonchev–Trinajstić information content (AvgIpc) is 3.02. The summed E-state index contributed by atoms with van der Waals surface area (Å²) < 4.78 is 34.9. The molecule has 0 aliphatic heterocycles. The van der Waals surface area contributed by atoms with Crippen molar-refractivity contribution in [2.45, 2.75) is 50.2 Å². The third kappa shape index (κ3) is 9.02. The molecule has 0 bridgehead atoms. The fraction of sp³-hybridized carbons (Fsp3) is 0.257. The molecule has 4 rings (SSSR count). The molecule has 1 atom stereocenters. The number of carbonyl (C=O) groups is 2. The summed E-state index contributed by atoms with van der Waals surface area (Å²) >= 11 is 12.5. The van der Waals surface area contributed by atoms with Crippen molar-refractivity contribution in [2.75, 3.05) is 18.0 Å². The van der Waals surface area contributed by atoms with Gasteiger partial charge in [0.15, 0.2) is 0 Å². The maximum Gasteiger partial charge on any atom is 0.264 e. The van der Waals surface area contributed by atoms with E-state index in [1.807, 2.05) is 51.1 Å². The van der Waals surface area contributed by atoms with Gasteiger partial charge in [-0.3, -0.25) is 13.9 Å². The molecule has 11 heteroatoms. The average molecular weight is 683 g/mol. The second-order valence-corrected chi connectivity index (χ2v) is 14.5. The Morgan fingerprint density at radius 3 is 2.00 bits per heavy atom. The van der Waals surface area contributed by atoms with Crippen LogP contribution in [0.15, 0.2) is 108 Å². The summed E-state index contributed by atoms with van der Waals surface area (Å²) in [5.74, 6) is -0.787. The van der Waals surface area contributed by atoms with E-state index in [0.717, 1.165) is 9.87 Å². The fourth-order valence-electron chi connectivity index (χ4n) is 4.88. The van der Waals surface area contributed by atoms with Gasteiger partial charge in [-0.2, -0.15) is 0 Å². The van der Waals surface area contributed by atoms with Crippen LogP contribution in [0.1, 0.15) is 31.9 Å². The lowest BCUT2D eigenvalue weighted by Gasteiger charge is -2.35. The molecule has 4 aromatic rings. The number of anilines is 1. The van der Waals surface area contributed by atoms with Gasteiger partial charge in [-0.25, -0.2) is 8.42 Å². The van der Waals surface area contributed by atoms with Crippen molar-refractivity contribution in [3.05, 3.63) is 124 Å². The molecule has 0 aliphatic rings. The van der Waals surface area contributed by atoms with Crippen molar-refractivity contribution >= 4 is 50.7 Å². The first-order valence-electron chi connectivity index (χ1n) is 14.6. The Balaban J connectivity index is 1.85. The molecule has 0 spiro atoms. The van der Waals surface area contributed by atoms with E-state index in [1.165, 1.54) is 36.3 Å². The number of hydrogen-bond acceptors (Lipinski definition) is 5. The molecular weight excluding hydrogens is 645 g/mol. The first kappa shape index (κ1) is 34.8. The predicted molar refractivity (Wildman–Crippen MR) is 183 cm³/mol. The zero-order valence-electron chi connectivity index (χ0n) is 26.1. The minimum absolute atomic E-state index is 0.0109. The van der Waals surface area contributed by atoms with Crippen molar-refractivity contribution in [1.82, 2.24) is 10.2 Å². The fourth-order valence-corrected chi connectivity index (χ4v) is 6.61. The smallest absolute Gasteiger partial charge is 0.264 e. The zero-order valence-corrected chi connectivity index (χ0v) is 28.4. The van der Waals surface area contributed by atoms with Crippen LogP contribution < -0.4 is 14.4 Å². The number of hydrogen-bond donors (Lipinski definition) is 1. The molecule has 46 heavy (non-hydrogen) atoms. The van der Waals surface area contributed by atoms with Crippen LogP contribution in [0.5, 0.6) is 5.75 Å². The molecule has 0 aliphatic carbocycles. The summed E-state index contributed by atoms with van der Waals surface area (Å²) in [6.45, 7) is 4.94. The Morgan fingerprint density at radius 1 is 0.826 bits per heavy atom. The maximum atomic E-state index is 14.6. The molecule has 0 saturated heterocycles. The Bertz CT molecular complexity index is 1750. The Labute approximate surface area is 280 Å². The predicted octanol–water partition coefficient (Wildman–Crippen LogP) is 6.75. The number of methoxy groups -OCH3 is 1. The normalized spacial score (nSPS) is 12.2. The quantitative estimate of drug-likeness (QED) is 0.178. The number of benzene rings is 4. The van der Waals surface area contributed by atoms with Crippen LogP contribution in [-0.4, -0.2) is 50.4 Å². The first-order chi connectivity index (χ1) is 21.8. The number of rotatable bonds is 12. The number of amides is 2. The van der Waals surface area contributed by atoms with Crippen molar-refractivity contribution < 1.29 is 22.7 Å². The largest absolute Gasteiger partial charge is 0.495 e. The van der Waals surface area contributed by atoms with Crippen LogP contribution in [-0.2, 0) is 32.6 Å². The van der Waals surface area contributed by atoms with Crippen molar-refractivity contribution in [3.8, 4) is 5.75 Å². The lowest BCUT2D eigenvalue weighted by Crippen LogP contribution is -2.56. The highest BCUT2D eigenvalue weighted by molar-refractivity contribution is 7.92. The summed E-state index contributed by atoms with van der Waals surface area (Å²) in [4.78, 5) is 30.0. The molecular formula is C35H37Cl2N3O5S. The van der Waals surface area contributed by atoms with E-state index in [9.17, 15) is 18.0 Å². The molecule has 242 valence electrons. The standard InChI is InChI=1S/C35H37Cl2N3O5S/c1-35(2,3)38-34(42)31(21-25-11-7-5-8-12-25)39(23-26-15-17-27(36)18-16-26)33(41)24-40(30-22-28(37)19-20-32(30)45-4)46(43,44)29-13-9-6-10-14-29/h5-20,22,31H,21,23-24H2,1-4H3,(H,38,42)/t31-/m0/s1. The summed E-state index contributed by atoms with van der Waals surface area (Å²) in [7, 11) is -2.91. The molecule has 0 fully saturated rings. The molecule has 0 radical (unpaired) electrons. The van der Waals surface area contributed by atoms with Gasteiger partial charge in [0.2, 0.25) is 11.8 Å². The molecule has 0 saturated carbocycles. The number of sulfonamides is 1. The third-order valence-corrected chi connectivity index (χ3v) is 9.32. The number of carbonyl (C=O) groups excluding carboxylic acids is 2. The van der Waals surface area contributed by atoms with Gasteiger partial charge in [-0.15, -0.1) is 0 Å². The van der Waals surface area contributed by atoms with Gasteiger partial charge in [0, 0.05) is 28.5 Å². The van der Waals surface area contributed by atoms with Crippen molar-refractivity contribution in [1.29, 1.82) is 0 Å². The Kier molecular flexibility index (Phi) is 11.4. The van der Waals surface area contributed by atoms with Crippen molar-refractivity contribution in [2.24, 2.45) is 0 Å². The highest BCUT2D eigenvalue weighted by Crippen LogP contribution is 2.35. The van der Waals surface area contributed by atoms with Gasteiger partial charge in [0.05, 0.1) is 17.7 Å². The van der Waals surface area contributed by atoms with E-state index in [1.54, 1.807) is 48.5 Å². The molecule has 2 amide bonds. The van der Waals surface area contributed by atoms with Gasteiger partial charge < -0.3 is 15.0 Å². The van der Waals surface area contributed by atoms with Gasteiger partial charge in [0.1, 0.15) is 18.3 Å². The maximum absolute atomic E-state index is 14.6. The van der Waals surface area contributed by atoms with E-state index in [4.69, 9.17) is 27.9 Å². The lowest BCUT2D eigenvalue weighted by molar-refractivity contribution is -0.140. The summed E-state index contributed by atoms with van der Waals surface area (Å²) in [5.41, 5.74) is 1.02. The van der Waals surface area contributed by atoms with E-state index in [2.05, 4.69) is 5.32 Å². The van der Waals surface area contributed by atoms with Gasteiger partial charge in [-0.1, -0.05) is 83.9 Å². The van der Waals surface area contributed by atoms with Crippen LogP contribution in [0.25, 0.3) is 0 Å². The lowest BCUT2D eigenvalue weighted by atomic mass is 10.0. The number of nitrogens with zero attached hydrogens (tertiary/aromatic N) is 2. The first-order valence-corrected chi connectivity index (χ1v) is 16.8. The van der Waals surface area contributed by atoms with Gasteiger partial charge in [-0.05, 0) is 74.4 Å². The number of ether oxygens (including phenoxy) is 1. The summed E-state index contributed by atoms with van der Waals surface area (Å²) in [5, 5.41) is 3.78. The van der Waals surface area contributed by atoms with Crippen LogP contribution in [0.4, 0.5) is 5.69 Å². The van der Waals surface area contributed by atoms with E-state index in [-0.39, 0.29) is 40.2 Å². The second-order valence-electron chi connectivity index (χ2n) is 11.7. The zero-order chi connectivity index (χ0) is 33.5. The highest BCUT2D eigenvalue weighted by Gasteiger charge is 2.36. The van der Waals surface area contributed by atoms with Crippen LogP contribution in [0.2, 0.25) is 10.0 Å². The van der Waals surface area contributed by atoms with E-state index in [0.29, 0.717) is 10.6 Å². The molecule has 4 aromatic carbocycles. The van der Waals surface area contributed by atoms with E-state index < -0.39 is 34.1 Å². The van der Waals surface area contributed by atoms with Crippen LogP contribution >= 0.6 is 23.2 Å². The van der Waals surface area contributed by atoms with Gasteiger partial charge >= 0.3 is 0 Å². The topological polar surface area (TPSA) is 96.0 Å². The van der Waals surface area contributed by atoms with Crippen molar-refractivity contribution in [3.63, 3.8) is 0 Å². The molecule has 8 nitrogen and oxygen atoms in total. The van der Waals surface area contributed by atoms with Crippen LogP contribution in [0.3, 0.4) is 0 Å². The molecule has 0 heterocycles. The Morgan fingerprint density at radius 2 is 1.41 bits per heavy atom. The summed E-state index contributed by atoms with van der Waals surface area (Å²) in [6.07, 6.45) is 0.188. The summed E-state index contributed by atoms with van der Waals surface area (Å²) in [6, 6.07) is 27.6. The number of halogens is 2. The van der Waals surface area contributed by atoms with Gasteiger partial charge in [0.25, 0.3) is 10.0 Å². The monoisotopic (exact) mass is 681 g/mol. The second kappa shape index (κ2) is 15.0. The third-order valence-electron chi connectivity index (χ3n) is 7.06. The van der Waals surface area contributed by atoms with E-state index >= 15 is 0 Å². The number of nitrogens with one attached hydrogen (secondary N) is 1.